The molecule has 3 amide bonds. The van der Waals surface area contributed by atoms with Gasteiger partial charge in [0.1, 0.15) is 27.3 Å². The number of halogens is 2. The van der Waals surface area contributed by atoms with Gasteiger partial charge in [-0.2, -0.15) is 0 Å². The molecule has 3 aliphatic carbocycles. The number of ether oxygens (including phenoxy) is 1. The van der Waals surface area contributed by atoms with E-state index in [0.29, 0.717) is 17.2 Å². The quantitative estimate of drug-likeness (QED) is 0.188. The third kappa shape index (κ3) is 3.89. The second-order valence-electron chi connectivity index (χ2n) is 11.6. The van der Waals surface area contributed by atoms with E-state index in [9.17, 15) is 14.4 Å². The van der Waals surface area contributed by atoms with Crippen molar-refractivity contribution < 1.29 is 19.1 Å². The van der Waals surface area contributed by atoms with Crippen LogP contribution in [0.2, 0.25) is 0 Å². The van der Waals surface area contributed by atoms with Crippen molar-refractivity contribution in [2.24, 2.45) is 17.8 Å². The van der Waals surface area contributed by atoms with Gasteiger partial charge in [-0.25, -0.2) is 0 Å². The van der Waals surface area contributed by atoms with E-state index in [0.717, 1.165) is 27.2 Å². The van der Waals surface area contributed by atoms with Crippen LogP contribution in [0.1, 0.15) is 36.1 Å². The summed E-state index contributed by atoms with van der Waals surface area (Å²) in [6.07, 6.45) is 0. The summed E-state index contributed by atoms with van der Waals surface area (Å²) < 4.78 is 5.85. The first kappa shape index (κ1) is 27.7. The molecule has 1 fully saturated rings. The normalized spacial score (nSPS) is 25.7. The number of imide groups is 1. The summed E-state index contributed by atoms with van der Waals surface area (Å²) in [5.74, 6) is -2.46. The van der Waals surface area contributed by atoms with Crippen molar-refractivity contribution in [1.82, 2.24) is 4.90 Å². The number of nitrogens with one attached hydrogen (secondary N) is 1. The van der Waals surface area contributed by atoms with E-state index in [2.05, 4.69) is 5.32 Å². The fourth-order valence-electron chi connectivity index (χ4n) is 7.13. The number of rotatable bonds is 6. The zero-order valence-corrected chi connectivity index (χ0v) is 25.0. The first-order chi connectivity index (χ1) is 20.7. The largest absolute Gasteiger partial charge is 0.457 e. The van der Waals surface area contributed by atoms with E-state index in [1.165, 1.54) is 0 Å². The molecule has 8 heteroatoms. The molecule has 2 bridgehead atoms. The molecule has 6 nitrogen and oxygen atoms in total. The Labute approximate surface area is 259 Å². The highest BCUT2D eigenvalue weighted by Crippen LogP contribution is 2.69. The van der Waals surface area contributed by atoms with Crippen LogP contribution in [0.4, 0.5) is 5.69 Å². The number of hydrogen-bond donors (Lipinski definition) is 1. The van der Waals surface area contributed by atoms with Crippen molar-refractivity contribution in [2.45, 2.75) is 29.6 Å². The van der Waals surface area contributed by atoms with Crippen LogP contribution in [0, 0.1) is 17.8 Å². The maximum absolute atomic E-state index is 14.4. The zero-order valence-electron chi connectivity index (χ0n) is 23.5. The van der Waals surface area contributed by atoms with Crippen LogP contribution in [-0.4, -0.2) is 28.7 Å². The van der Waals surface area contributed by atoms with Crippen molar-refractivity contribution in [2.75, 3.05) is 5.32 Å². The van der Waals surface area contributed by atoms with E-state index in [1.54, 1.807) is 24.3 Å². The SMILES string of the molecule is CC(C)[C@@H](C(=O)Nc1ccc(Oc2ccccc2)cc1)N1C(=O)[C@@H]2[C@H](C1=O)C1(Cl)c3ccccc3C2(Cl)c2ccccc21. The minimum absolute atomic E-state index is 0.381. The van der Waals surface area contributed by atoms with E-state index in [-0.39, 0.29) is 5.92 Å². The van der Waals surface area contributed by atoms with Crippen LogP contribution >= 0.6 is 23.2 Å². The lowest BCUT2D eigenvalue weighted by atomic mass is 9.54. The summed E-state index contributed by atoms with van der Waals surface area (Å²) in [5, 5.41) is 2.90. The smallest absolute Gasteiger partial charge is 0.247 e. The molecule has 4 aromatic rings. The van der Waals surface area contributed by atoms with Crippen LogP contribution in [0.15, 0.2) is 103 Å². The summed E-state index contributed by atoms with van der Waals surface area (Å²) in [6, 6.07) is 30.2. The van der Waals surface area contributed by atoms with Crippen molar-refractivity contribution >= 4 is 46.6 Å². The molecule has 0 unspecified atom stereocenters. The minimum Gasteiger partial charge on any atom is -0.457 e. The Morgan fingerprint density at radius 3 is 1.56 bits per heavy atom. The summed E-state index contributed by atoms with van der Waals surface area (Å²) in [7, 11) is 0. The Hall–Kier alpha value is -4.13. The first-order valence-corrected chi connectivity index (χ1v) is 15.0. The molecule has 0 radical (unpaired) electrons. The van der Waals surface area contributed by atoms with Gasteiger partial charge in [0.15, 0.2) is 0 Å². The number of hydrogen-bond acceptors (Lipinski definition) is 4. The predicted molar refractivity (Wildman–Crippen MR) is 165 cm³/mol. The van der Waals surface area contributed by atoms with E-state index in [1.807, 2.05) is 92.7 Å². The third-order valence-corrected chi connectivity index (χ3v) is 10.2. The fourth-order valence-corrected chi connectivity index (χ4v) is 8.23. The average molecular weight is 612 g/mol. The van der Waals surface area contributed by atoms with E-state index in [4.69, 9.17) is 27.9 Å². The molecule has 1 heterocycles. The summed E-state index contributed by atoms with van der Waals surface area (Å²) in [4.78, 5) is 41.1. The van der Waals surface area contributed by atoms with Gasteiger partial charge >= 0.3 is 0 Å². The number of likely N-dealkylation sites (tertiary alicyclic amines) is 1. The summed E-state index contributed by atoms with van der Waals surface area (Å²) in [6.45, 7) is 3.63. The highest BCUT2D eigenvalue weighted by Gasteiger charge is 2.73. The molecular weight excluding hydrogens is 583 g/mol. The lowest BCUT2D eigenvalue weighted by Gasteiger charge is -2.54. The number of benzene rings is 4. The molecule has 43 heavy (non-hydrogen) atoms. The van der Waals surface area contributed by atoms with Gasteiger partial charge < -0.3 is 10.1 Å². The van der Waals surface area contributed by atoms with Gasteiger partial charge in [0, 0.05) is 5.69 Å². The summed E-state index contributed by atoms with van der Waals surface area (Å²) >= 11 is 15.1. The third-order valence-electron chi connectivity index (χ3n) is 8.90. The van der Waals surface area contributed by atoms with E-state index >= 15 is 0 Å². The Balaban J connectivity index is 1.22. The molecule has 4 aromatic carbocycles. The van der Waals surface area contributed by atoms with Crippen LogP contribution in [0.25, 0.3) is 0 Å². The number of carbonyl (C=O) groups is 3. The maximum Gasteiger partial charge on any atom is 0.247 e. The van der Waals surface area contributed by atoms with Crippen molar-refractivity contribution in [3.05, 3.63) is 125 Å². The van der Waals surface area contributed by atoms with E-state index < -0.39 is 45.3 Å². The molecule has 1 aliphatic heterocycles. The molecule has 1 N–H and O–H groups in total. The number of alkyl halides is 2. The lowest BCUT2D eigenvalue weighted by molar-refractivity contribution is -0.148. The number of amides is 3. The molecule has 0 saturated carbocycles. The van der Waals surface area contributed by atoms with Crippen LogP contribution in [0.5, 0.6) is 11.5 Å². The highest BCUT2D eigenvalue weighted by molar-refractivity contribution is 6.36. The van der Waals surface area contributed by atoms with Gasteiger partial charge in [-0.05, 0) is 64.6 Å². The maximum atomic E-state index is 14.4. The molecule has 3 atom stereocenters. The highest BCUT2D eigenvalue weighted by atomic mass is 35.5. The number of para-hydroxylation sites is 1. The molecular formula is C35H28Cl2N2O4. The zero-order chi connectivity index (χ0) is 30.1. The number of carbonyl (C=O) groups excluding carboxylic acids is 3. The van der Waals surface area contributed by atoms with Crippen LogP contribution in [-0.2, 0) is 24.1 Å². The average Bonchev–Trinajstić information content (AvgIpc) is 3.28. The van der Waals surface area contributed by atoms with Crippen molar-refractivity contribution in [3.8, 4) is 11.5 Å². The molecule has 0 aromatic heterocycles. The van der Waals surface area contributed by atoms with Gasteiger partial charge in [0.05, 0.1) is 11.8 Å². The Morgan fingerprint density at radius 1 is 0.698 bits per heavy atom. The summed E-state index contributed by atoms with van der Waals surface area (Å²) in [5.41, 5.74) is 3.39. The van der Waals surface area contributed by atoms with Crippen molar-refractivity contribution in [1.29, 1.82) is 0 Å². The second kappa shape index (κ2) is 9.97. The van der Waals surface area contributed by atoms with Gasteiger partial charge in [0.25, 0.3) is 0 Å². The second-order valence-corrected chi connectivity index (χ2v) is 12.8. The topological polar surface area (TPSA) is 75.7 Å². The Morgan fingerprint density at radius 2 is 1.12 bits per heavy atom. The standard InChI is InChI=1S/C35H28Cl2N2O4/c1-20(2)30(31(40)38-21-16-18-23(19-17-21)43-22-10-4-3-5-11-22)39-32(41)28-29(33(39)42)35(37)25-13-7-6-12-24(25)34(28,36)26-14-8-9-15-27(26)35/h3-20,28-30H,1-2H3,(H,38,40)/t28-,29+,30-,34?,35?/m0/s1. The van der Waals surface area contributed by atoms with Gasteiger partial charge in [-0.1, -0.05) is 80.6 Å². The van der Waals surface area contributed by atoms with Gasteiger partial charge in [-0.3, -0.25) is 19.3 Å². The van der Waals surface area contributed by atoms with Gasteiger partial charge in [-0.15, -0.1) is 23.2 Å². The molecule has 1 saturated heterocycles. The number of anilines is 1. The predicted octanol–water partition coefficient (Wildman–Crippen LogP) is 7.04. The lowest BCUT2D eigenvalue weighted by Crippen LogP contribution is -2.57. The fraction of sp³-hybridized carbons (Fsp3) is 0.229. The first-order valence-electron chi connectivity index (χ1n) is 14.3. The molecule has 216 valence electrons. The van der Waals surface area contributed by atoms with Gasteiger partial charge in [0.2, 0.25) is 17.7 Å². The number of nitrogens with zero attached hydrogens (tertiary/aromatic N) is 1. The van der Waals surface area contributed by atoms with Crippen LogP contribution < -0.4 is 10.1 Å². The monoisotopic (exact) mass is 610 g/mol. The molecule has 8 rings (SSSR count). The van der Waals surface area contributed by atoms with Crippen LogP contribution in [0.3, 0.4) is 0 Å². The molecule has 0 spiro atoms. The van der Waals surface area contributed by atoms with Crippen molar-refractivity contribution in [3.63, 3.8) is 0 Å². The molecule has 4 aliphatic rings. The Bertz CT molecular complexity index is 1650. The minimum atomic E-state index is -1.30. The Kier molecular flexibility index (Phi) is 6.42.